The van der Waals surface area contributed by atoms with E-state index in [1.165, 1.54) is 0 Å². The van der Waals surface area contributed by atoms with Crippen molar-refractivity contribution in [1.82, 2.24) is 0 Å². The Labute approximate surface area is 177 Å². The average molecular weight is 413 g/mol. The zero-order chi connectivity index (χ0) is 22.1. The van der Waals surface area contributed by atoms with Gasteiger partial charge in [0.15, 0.2) is 13.1 Å². The molecule has 0 fully saturated rings. The van der Waals surface area contributed by atoms with Crippen molar-refractivity contribution < 1.29 is 24.0 Å². The van der Waals surface area contributed by atoms with Crippen molar-refractivity contribution in [3.05, 3.63) is 59.7 Å². The van der Waals surface area contributed by atoms with Gasteiger partial charge in [-0.25, -0.2) is 4.79 Å². The summed E-state index contributed by atoms with van der Waals surface area (Å²) in [6.45, 7) is 5.92. The van der Waals surface area contributed by atoms with E-state index in [1.807, 2.05) is 31.2 Å². The zero-order valence-electron chi connectivity index (χ0n) is 18.0. The van der Waals surface area contributed by atoms with Gasteiger partial charge >= 0.3 is 5.97 Å². The fourth-order valence-electron chi connectivity index (χ4n) is 2.93. The monoisotopic (exact) mass is 412 g/mol. The molecule has 0 heterocycles. The number of esters is 1. The first-order valence-corrected chi connectivity index (χ1v) is 10.1. The third-order valence-electron chi connectivity index (χ3n) is 4.34. The highest BCUT2D eigenvalue weighted by Gasteiger charge is 2.16. The van der Waals surface area contributed by atoms with Crippen LogP contribution in [0.25, 0.3) is 0 Å². The van der Waals surface area contributed by atoms with E-state index in [9.17, 15) is 14.4 Å². The van der Waals surface area contributed by atoms with Crippen molar-refractivity contribution in [2.24, 2.45) is 0 Å². The first-order chi connectivity index (χ1) is 14.3. The molecule has 0 aromatic heterocycles. The van der Waals surface area contributed by atoms with Gasteiger partial charge < -0.3 is 20.3 Å². The number of carbonyl (C=O) groups excluding carboxylic acids is 3. The van der Waals surface area contributed by atoms with Gasteiger partial charge in [0.25, 0.3) is 11.8 Å². The van der Waals surface area contributed by atoms with Crippen molar-refractivity contribution in [2.75, 3.05) is 30.8 Å². The van der Waals surface area contributed by atoms with Gasteiger partial charge in [0.1, 0.15) is 0 Å². The molecule has 0 spiro atoms. The Bertz CT molecular complexity index is 878. The third-order valence-corrected chi connectivity index (χ3v) is 4.34. The standard InChI is InChI=1S/C23H29N3O4/c1-5-17-8-6-7-9-20(17)25-22(28)15-26(4)14-21(27)24-19-12-10-18(11-13-19)23(29)30-16(2)3/h6-13,16H,5,14-15H2,1-4H3,(H,24,27)(H,25,28)/p+1. The average Bonchev–Trinajstić information content (AvgIpc) is 2.68. The van der Waals surface area contributed by atoms with Gasteiger partial charge in [-0.05, 0) is 56.2 Å². The summed E-state index contributed by atoms with van der Waals surface area (Å²) in [5.41, 5.74) is 2.88. The normalized spacial score (nSPS) is 11.6. The lowest BCUT2D eigenvalue weighted by Crippen LogP contribution is -3.11. The second-order valence-corrected chi connectivity index (χ2v) is 7.45. The Morgan fingerprint density at radius 3 is 2.13 bits per heavy atom. The number of amides is 2. The van der Waals surface area contributed by atoms with Gasteiger partial charge in [-0.1, -0.05) is 25.1 Å². The Kier molecular flexibility index (Phi) is 8.55. The summed E-state index contributed by atoms with van der Waals surface area (Å²) in [6, 6.07) is 14.2. The Morgan fingerprint density at radius 1 is 0.933 bits per heavy atom. The zero-order valence-corrected chi connectivity index (χ0v) is 18.0. The summed E-state index contributed by atoms with van der Waals surface area (Å²) in [4.78, 5) is 37.2. The fraction of sp³-hybridized carbons (Fsp3) is 0.348. The molecule has 0 radical (unpaired) electrons. The molecular weight excluding hydrogens is 382 g/mol. The van der Waals surface area contributed by atoms with Gasteiger partial charge in [-0.3, -0.25) is 9.59 Å². The maximum atomic E-state index is 12.3. The maximum absolute atomic E-state index is 12.3. The maximum Gasteiger partial charge on any atom is 0.338 e. The molecule has 7 heteroatoms. The predicted molar refractivity (Wildman–Crippen MR) is 117 cm³/mol. The highest BCUT2D eigenvalue weighted by atomic mass is 16.5. The number of likely N-dealkylation sites (N-methyl/N-ethyl adjacent to an activating group) is 1. The summed E-state index contributed by atoms with van der Waals surface area (Å²) in [5, 5.41) is 5.69. The molecule has 3 N–H and O–H groups in total. The Hall–Kier alpha value is -3.19. The molecule has 30 heavy (non-hydrogen) atoms. The first kappa shape index (κ1) is 23.1. The van der Waals surface area contributed by atoms with Gasteiger partial charge in [-0.15, -0.1) is 0 Å². The van der Waals surface area contributed by atoms with Crippen LogP contribution in [-0.4, -0.2) is 44.0 Å². The Morgan fingerprint density at radius 2 is 1.53 bits per heavy atom. The first-order valence-electron chi connectivity index (χ1n) is 10.1. The molecule has 0 saturated heterocycles. The van der Waals surface area contributed by atoms with Crippen LogP contribution in [0.1, 0.15) is 36.7 Å². The molecule has 0 aliphatic rings. The quantitative estimate of drug-likeness (QED) is 0.549. The smallest absolute Gasteiger partial charge is 0.338 e. The third kappa shape index (κ3) is 7.33. The predicted octanol–water partition coefficient (Wildman–Crippen LogP) is 1.91. The topological polar surface area (TPSA) is 88.9 Å². The summed E-state index contributed by atoms with van der Waals surface area (Å²) >= 11 is 0. The number of hydrogen-bond acceptors (Lipinski definition) is 4. The molecule has 0 aliphatic heterocycles. The number of aryl methyl sites for hydroxylation is 1. The van der Waals surface area contributed by atoms with E-state index in [2.05, 4.69) is 10.6 Å². The van der Waals surface area contributed by atoms with Crippen LogP contribution in [0, 0.1) is 0 Å². The van der Waals surface area contributed by atoms with Gasteiger partial charge in [0, 0.05) is 11.4 Å². The van der Waals surface area contributed by atoms with Crippen molar-refractivity contribution in [3.8, 4) is 0 Å². The minimum atomic E-state index is -0.400. The second-order valence-electron chi connectivity index (χ2n) is 7.45. The second kappa shape index (κ2) is 11.1. The highest BCUT2D eigenvalue weighted by Crippen LogP contribution is 2.15. The van der Waals surface area contributed by atoms with Crippen molar-refractivity contribution >= 4 is 29.2 Å². The minimum absolute atomic E-state index is 0.139. The fourth-order valence-corrected chi connectivity index (χ4v) is 2.93. The number of nitrogens with one attached hydrogen (secondary N) is 3. The van der Waals surface area contributed by atoms with E-state index in [4.69, 9.17) is 4.74 Å². The minimum Gasteiger partial charge on any atom is -0.459 e. The molecule has 160 valence electrons. The molecular formula is C23H30N3O4+. The molecule has 0 saturated carbocycles. The highest BCUT2D eigenvalue weighted by molar-refractivity contribution is 5.94. The number of ether oxygens (including phenoxy) is 1. The SMILES string of the molecule is CCc1ccccc1NC(=O)C[NH+](C)CC(=O)Nc1ccc(C(=O)OC(C)C)cc1. The van der Waals surface area contributed by atoms with E-state index in [0.717, 1.165) is 22.6 Å². The lowest BCUT2D eigenvalue weighted by molar-refractivity contribution is -0.862. The number of benzene rings is 2. The number of hydrogen-bond donors (Lipinski definition) is 3. The number of quaternary nitrogens is 1. The molecule has 1 atom stereocenters. The molecule has 2 rings (SSSR count). The van der Waals surface area contributed by atoms with Crippen molar-refractivity contribution in [2.45, 2.75) is 33.3 Å². The number of rotatable bonds is 9. The van der Waals surface area contributed by atoms with Crippen LogP contribution in [-0.2, 0) is 20.7 Å². The molecule has 2 aromatic rings. The van der Waals surface area contributed by atoms with Crippen LogP contribution in [0.3, 0.4) is 0 Å². The van der Waals surface area contributed by atoms with Crippen LogP contribution in [0.5, 0.6) is 0 Å². The van der Waals surface area contributed by atoms with E-state index in [-0.39, 0.29) is 31.0 Å². The van der Waals surface area contributed by atoms with Crippen LogP contribution < -0.4 is 15.5 Å². The largest absolute Gasteiger partial charge is 0.459 e. The summed E-state index contributed by atoms with van der Waals surface area (Å²) in [5.74, 6) is -0.760. The molecule has 1 unspecified atom stereocenters. The Balaban J connectivity index is 1.82. The molecule has 0 aliphatic carbocycles. The lowest BCUT2D eigenvalue weighted by atomic mass is 10.1. The van der Waals surface area contributed by atoms with Gasteiger partial charge in [-0.2, -0.15) is 0 Å². The lowest BCUT2D eigenvalue weighted by Gasteiger charge is -2.15. The van der Waals surface area contributed by atoms with Crippen LogP contribution in [0.2, 0.25) is 0 Å². The van der Waals surface area contributed by atoms with E-state index >= 15 is 0 Å². The van der Waals surface area contributed by atoms with Crippen molar-refractivity contribution in [1.29, 1.82) is 0 Å². The van der Waals surface area contributed by atoms with Gasteiger partial charge in [0.2, 0.25) is 0 Å². The summed E-state index contributed by atoms with van der Waals surface area (Å²) in [7, 11) is 1.79. The van der Waals surface area contributed by atoms with Crippen molar-refractivity contribution in [3.63, 3.8) is 0 Å². The summed E-state index contributed by atoms with van der Waals surface area (Å²) < 4.78 is 5.14. The van der Waals surface area contributed by atoms with Crippen LogP contribution in [0.15, 0.2) is 48.5 Å². The van der Waals surface area contributed by atoms with Gasteiger partial charge in [0.05, 0.1) is 18.7 Å². The molecule has 2 aromatic carbocycles. The number of anilines is 2. The van der Waals surface area contributed by atoms with E-state index in [0.29, 0.717) is 11.3 Å². The van der Waals surface area contributed by atoms with E-state index < -0.39 is 5.97 Å². The van der Waals surface area contributed by atoms with Crippen LogP contribution in [0.4, 0.5) is 11.4 Å². The van der Waals surface area contributed by atoms with E-state index in [1.54, 1.807) is 45.2 Å². The molecule has 2 amide bonds. The summed E-state index contributed by atoms with van der Waals surface area (Å²) in [6.07, 6.45) is 0.637. The molecule has 0 bridgehead atoms. The number of carbonyl (C=O) groups is 3. The number of para-hydroxylation sites is 1. The molecule has 7 nitrogen and oxygen atoms in total. The van der Waals surface area contributed by atoms with Crippen LogP contribution >= 0.6 is 0 Å².